The summed E-state index contributed by atoms with van der Waals surface area (Å²) < 4.78 is 10.5. The maximum atomic E-state index is 12.4. The van der Waals surface area contributed by atoms with Crippen molar-refractivity contribution in [3.05, 3.63) is 34.4 Å². The van der Waals surface area contributed by atoms with Gasteiger partial charge >= 0.3 is 0 Å². The van der Waals surface area contributed by atoms with Crippen molar-refractivity contribution in [2.24, 2.45) is 0 Å². The Morgan fingerprint density at radius 1 is 1.00 bits per heavy atom. The number of ketones is 2. The molecule has 0 heterocycles. The van der Waals surface area contributed by atoms with Crippen LogP contribution in [0.25, 0.3) is 0 Å². The highest BCUT2D eigenvalue weighted by Gasteiger charge is 2.24. The summed E-state index contributed by atoms with van der Waals surface area (Å²) in [5, 5.41) is 0. The summed E-state index contributed by atoms with van der Waals surface area (Å²) in [5.74, 6) is -0.512. The van der Waals surface area contributed by atoms with E-state index in [0.717, 1.165) is 16.7 Å². The number of rotatable bonds is 8. The predicted octanol–water partition coefficient (Wildman–Crippen LogP) is 3.15. The van der Waals surface area contributed by atoms with E-state index in [-0.39, 0.29) is 18.0 Å². The highest BCUT2D eigenvalue weighted by atomic mass is 16.7. The fourth-order valence-corrected chi connectivity index (χ4v) is 2.49. The molecule has 0 saturated heterocycles. The number of Topliss-reactive ketones (excluding diaryl/α,β-unsaturated/α-hetero) is 2. The standard InChI is InChI=1S/C17H24O4/c1-6-20-17(21-7-2)15(19)10-14(18)16-12(4)8-11(3)9-13(16)5/h8-9,17H,6-7,10H2,1-5H3. The minimum absolute atomic E-state index is 0.181. The van der Waals surface area contributed by atoms with Gasteiger partial charge in [0.15, 0.2) is 11.6 Å². The van der Waals surface area contributed by atoms with E-state index < -0.39 is 6.29 Å². The SMILES string of the molecule is CCOC(OCC)C(=O)CC(=O)c1c(C)cc(C)cc1C. The van der Waals surface area contributed by atoms with Crippen LogP contribution in [0, 0.1) is 20.8 Å². The van der Waals surface area contributed by atoms with Crippen LogP contribution in [-0.4, -0.2) is 31.1 Å². The van der Waals surface area contributed by atoms with Crippen molar-refractivity contribution in [3.8, 4) is 0 Å². The average Bonchev–Trinajstić information content (AvgIpc) is 2.36. The third-order valence-corrected chi connectivity index (χ3v) is 3.19. The lowest BCUT2D eigenvalue weighted by Crippen LogP contribution is -2.29. The second-order valence-electron chi connectivity index (χ2n) is 5.08. The predicted molar refractivity (Wildman–Crippen MR) is 81.6 cm³/mol. The molecule has 0 unspecified atom stereocenters. The molecule has 0 N–H and O–H groups in total. The number of aryl methyl sites for hydroxylation is 3. The largest absolute Gasteiger partial charge is 0.346 e. The van der Waals surface area contributed by atoms with Crippen LogP contribution >= 0.6 is 0 Å². The normalized spacial score (nSPS) is 11.0. The molecule has 0 aliphatic carbocycles. The van der Waals surface area contributed by atoms with Gasteiger partial charge in [-0.25, -0.2) is 0 Å². The molecule has 21 heavy (non-hydrogen) atoms. The van der Waals surface area contributed by atoms with Gasteiger partial charge in [-0.05, 0) is 45.7 Å². The molecule has 0 aromatic heterocycles. The van der Waals surface area contributed by atoms with Gasteiger partial charge in [-0.2, -0.15) is 0 Å². The fraction of sp³-hybridized carbons (Fsp3) is 0.529. The molecule has 4 heteroatoms. The number of ether oxygens (including phenoxy) is 2. The molecule has 0 aliphatic heterocycles. The Hall–Kier alpha value is -1.52. The summed E-state index contributed by atoms with van der Waals surface area (Å²) in [6.07, 6.45) is -1.15. The van der Waals surface area contributed by atoms with E-state index >= 15 is 0 Å². The first-order chi connectivity index (χ1) is 9.90. The van der Waals surface area contributed by atoms with Crippen molar-refractivity contribution in [2.45, 2.75) is 47.3 Å². The van der Waals surface area contributed by atoms with E-state index in [4.69, 9.17) is 9.47 Å². The number of benzene rings is 1. The van der Waals surface area contributed by atoms with Gasteiger partial charge in [-0.15, -0.1) is 0 Å². The highest BCUT2D eigenvalue weighted by Crippen LogP contribution is 2.19. The summed E-state index contributed by atoms with van der Waals surface area (Å²) in [6.45, 7) is 10.1. The Bertz CT molecular complexity index is 491. The van der Waals surface area contributed by atoms with Gasteiger partial charge in [0, 0.05) is 18.8 Å². The van der Waals surface area contributed by atoms with Crippen LogP contribution in [0.4, 0.5) is 0 Å². The van der Waals surface area contributed by atoms with E-state index in [0.29, 0.717) is 18.8 Å². The molecule has 0 saturated carbocycles. The summed E-state index contributed by atoms with van der Waals surface area (Å²) in [6, 6.07) is 3.90. The second-order valence-corrected chi connectivity index (χ2v) is 5.08. The number of hydrogen-bond acceptors (Lipinski definition) is 4. The summed E-state index contributed by atoms with van der Waals surface area (Å²) >= 11 is 0. The van der Waals surface area contributed by atoms with E-state index in [2.05, 4.69) is 0 Å². The Balaban J connectivity index is 2.88. The number of carbonyl (C=O) groups excluding carboxylic acids is 2. The highest BCUT2D eigenvalue weighted by molar-refractivity contribution is 6.10. The van der Waals surface area contributed by atoms with Crippen LogP contribution in [0.15, 0.2) is 12.1 Å². The lowest BCUT2D eigenvalue weighted by Gasteiger charge is -2.16. The van der Waals surface area contributed by atoms with Crippen LogP contribution in [0.1, 0.15) is 47.3 Å². The maximum absolute atomic E-state index is 12.4. The third-order valence-electron chi connectivity index (χ3n) is 3.19. The molecule has 0 bridgehead atoms. The molecule has 116 valence electrons. The minimum Gasteiger partial charge on any atom is -0.346 e. The van der Waals surface area contributed by atoms with E-state index in [9.17, 15) is 9.59 Å². The van der Waals surface area contributed by atoms with Crippen LogP contribution in [0.2, 0.25) is 0 Å². The smallest absolute Gasteiger partial charge is 0.218 e. The van der Waals surface area contributed by atoms with Crippen molar-refractivity contribution in [3.63, 3.8) is 0 Å². The zero-order valence-electron chi connectivity index (χ0n) is 13.5. The van der Waals surface area contributed by atoms with Gasteiger partial charge in [0.25, 0.3) is 0 Å². The molecular weight excluding hydrogens is 268 g/mol. The molecule has 0 atom stereocenters. The fourth-order valence-electron chi connectivity index (χ4n) is 2.49. The molecule has 1 aromatic rings. The Morgan fingerprint density at radius 2 is 1.48 bits per heavy atom. The molecule has 4 nitrogen and oxygen atoms in total. The van der Waals surface area contributed by atoms with Gasteiger partial charge in [0.05, 0.1) is 6.42 Å². The van der Waals surface area contributed by atoms with E-state index in [1.807, 2.05) is 32.9 Å². The first-order valence-electron chi connectivity index (χ1n) is 7.27. The van der Waals surface area contributed by atoms with Crippen LogP contribution in [-0.2, 0) is 14.3 Å². The molecule has 0 radical (unpaired) electrons. The molecule has 1 aromatic carbocycles. The van der Waals surface area contributed by atoms with E-state index in [1.54, 1.807) is 13.8 Å². The van der Waals surface area contributed by atoms with Gasteiger partial charge in [0.2, 0.25) is 6.29 Å². The van der Waals surface area contributed by atoms with E-state index in [1.165, 1.54) is 0 Å². The Kier molecular flexibility index (Phi) is 6.72. The van der Waals surface area contributed by atoms with Crippen molar-refractivity contribution < 1.29 is 19.1 Å². The van der Waals surface area contributed by atoms with Gasteiger partial charge in [0.1, 0.15) is 0 Å². The average molecular weight is 292 g/mol. The minimum atomic E-state index is -0.949. The lowest BCUT2D eigenvalue weighted by atomic mass is 9.94. The van der Waals surface area contributed by atoms with Crippen molar-refractivity contribution in [2.75, 3.05) is 13.2 Å². The zero-order valence-corrected chi connectivity index (χ0v) is 13.5. The molecule has 0 amide bonds. The summed E-state index contributed by atoms with van der Waals surface area (Å²) in [4.78, 5) is 24.5. The maximum Gasteiger partial charge on any atom is 0.218 e. The topological polar surface area (TPSA) is 52.6 Å². The van der Waals surface area contributed by atoms with Crippen LogP contribution < -0.4 is 0 Å². The lowest BCUT2D eigenvalue weighted by molar-refractivity contribution is -0.166. The van der Waals surface area contributed by atoms with Gasteiger partial charge in [-0.1, -0.05) is 17.7 Å². The molecule has 0 fully saturated rings. The first kappa shape index (κ1) is 17.5. The summed E-state index contributed by atoms with van der Waals surface area (Å²) in [7, 11) is 0. The van der Waals surface area contributed by atoms with Crippen LogP contribution in [0.3, 0.4) is 0 Å². The van der Waals surface area contributed by atoms with Crippen molar-refractivity contribution >= 4 is 11.6 Å². The Morgan fingerprint density at radius 3 is 1.90 bits per heavy atom. The Labute approximate surface area is 126 Å². The summed E-state index contributed by atoms with van der Waals surface area (Å²) in [5.41, 5.74) is 3.53. The van der Waals surface area contributed by atoms with Crippen LogP contribution in [0.5, 0.6) is 0 Å². The first-order valence-corrected chi connectivity index (χ1v) is 7.27. The number of hydrogen-bond donors (Lipinski definition) is 0. The molecular formula is C17H24O4. The molecule has 0 spiro atoms. The second kappa shape index (κ2) is 8.05. The van der Waals surface area contributed by atoms with Gasteiger partial charge < -0.3 is 9.47 Å². The zero-order chi connectivity index (χ0) is 16.0. The van der Waals surface area contributed by atoms with Crippen molar-refractivity contribution in [1.82, 2.24) is 0 Å². The number of carbonyl (C=O) groups is 2. The van der Waals surface area contributed by atoms with Crippen molar-refractivity contribution in [1.29, 1.82) is 0 Å². The third kappa shape index (κ3) is 4.76. The molecule has 0 aliphatic rings. The monoisotopic (exact) mass is 292 g/mol. The molecule has 1 rings (SSSR count). The quantitative estimate of drug-likeness (QED) is 0.419. The van der Waals surface area contributed by atoms with Gasteiger partial charge in [-0.3, -0.25) is 9.59 Å².